The normalized spacial score (nSPS) is 13.2. The monoisotopic (exact) mass is 505 g/mol. The summed E-state index contributed by atoms with van der Waals surface area (Å²) in [5, 5.41) is 15.4. The number of amides is 1. The van der Waals surface area contributed by atoms with E-state index < -0.39 is 6.04 Å². The van der Waals surface area contributed by atoms with Gasteiger partial charge in [0, 0.05) is 23.0 Å². The number of aromatic nitrogens is 2. The third-order valence-electron chi connectivity index (χ3n) is 7.38. The van der Waals surface area contributed by atoms with Crippen molar-refractivity contribution in [3.05, 3.63) is 113 Å². The summed E-state index contributed by atoms with van der Waals surface area (Å²) < 4.78 is 2.29. The quantitative estimate of drug-likeness (QED) is 0.255. The Morgan fingerprint density at radius 1 is 0.921 bits per heavy atom. The zero-order valence-corrected chi connectivity index (χ0v) is 22.5. The van der Waals surface area contributed by atoms with Gasteiger partial charge < -0.3 is 15.0 Å². The molecule has 0 aliphatic rings. The minimum atomic E-state index is -0.432. The lowest BCUT2D eigenvalue weighted by Crippen LogP contribution is -2.36. The van der Waals surface area contributed by atoms with Crippen LogP contribution < -0.4 is 5.32 Å². The Balaban J connectivity index is 1.43. The molecule has 0 spiro atoms. The van der Waals surface area contributed by atoms with E-state index >= 15 is 0 Å². The lowest BCUT2D eigenvalue weighted by atomic mass is 9.87. The first-order valence-electron chi connectivity index (χ1n) is 13.3. The Morgan fingerprint density at radius 2 is 1.61 bits per heavy atom. The van der Waals surface area contributed by atoms with Gasteiger partial charge in [-0.1, -0.05) is 86.6 Å². The Morgan fingerprint density at radius 3 is 2.29 bits per heavy atom. The van der Waals surface area contributed by atoms with Crippen LogP contribution in [0, 0.1) is 19.8 Å². The second-order valence-electron chi connectivity index (χ2n) is 10.5. The molecule has 0 aliphatic heterocycles. The molecule has 0 bridgehead atoms. The highest BCUT2D eigenvalue weighted by Gasteiger charge is 2.26. The summed E-state index contributed by atoms with van der Waals surface area (Å²) in [6, 6.07) is 28.1. The van der Waals surface area contributed by atoms with Crippen molar-refractivity contribution in [3.63, 3.8) is 0 Å². The molecule has 2 N–H and O–H groups in total. The van der Waals surface area contributed by atoms with Crippen molar-refractivity contribution in [2.45, 2.75) is 46.2 Å². The van der Waals surface area contributed by atoms with Gasteiger partial charge in [0.2, 0.25) is 5.91 Å². The molecule has 2 aromatic heterocycles. The number of nitrogens with one attached hydrogen (secondary N) is 1. The van der Waals surface area contributed by atoms with Crippen molar-refractivity contribution < 1.29 is 9.90 Å². The highest BCUT2D eigenvalue weighted by molar-refractivity contribution is 6.08. The van der Waals surface area contributed by atoms with Crippen LogP contribution in [0.2, 0.25) is 0 Å². The summed E-state index contributed by atoms with van der Waals surface area (Å²) in [6.07, 6.45) is 0. The molecule has 194 valence electrons. The summed E-state index contributed by atoms with van der Waals surface area (Å²) in [4.78, 5) is 18.3. The predicted octanol–water partition coefficient (Wildman–Crippen LogP) is 6.44. The van der Waals surface area contributed by atoms with Gasteiger partial charge in [0.05, 0.1) is 24.1 Å². The van der Waals surface area contributed by atoms with Crippen molar-refractivity contribution >= 4 is 27.8 Å². The Hall–Kier alpha value is -3.96. The molecule has 0 saturated carbocycles. The van der Waals surface area contributed by atoms with Gasteiger partial charge in [-0.05, 0) is 54.2 Å². The molecule has 0 aliphatic carbocycles. The van der Waals surface area contributed by atoms with Gasteiger partial charge in [-0.2, -0.15) is 0 Å². The molecule has 5 rings (SSSR count). The average molecular weight is 506 g/mol. The zero-order chi connectivity index (χ0) is 26.8. The van der Waals surface area contributed by atoms with Gasteiger partial charge in [0.25, 0.3) is 0 Å². The SMILES string of the molecule is Cc1cc(C)c2c3ccccc3n(Cc3ccc([C@@H](C(=O)N[C@@H](CO)c4ccccc4)C(C)C)cc3)c2n1. The van der Waals surface area contributed by atoms with Gasteiger partial charge in [-0.15, -0.1) is 0 Å². The number of hydrogen-bond acceptors (Lipinski definition) is 3. The third-order valence-corrected chi connectivity index (χ3v) is 7.38. The molecule has 0 radical (unpaired) electrons. The number of rotatable bonds is 8. The number of nitrogens with zero attached hydrogens (tertiary/aromatic N) is 2. The van der Waals surface area contributed by atoms with Crippen LogP contribution in [0.15, 0.2) is 84.9 Å². The van der Waals surface area contributed by atoms with E-state index in [9.17, 15) is 9.90 Å². The van der Waals surface area contributed by atoms with Crippen molar-refractivity contribution in [2.24, 2.45) is 5.92 Å². The molecule has 2 atom stereocenters. The number of carbonyl (C=O) groups is 1. The van der Waals surface area contributed by atoms with Gasteiger partial charge in [0.15, 0.2) is 0 Å². The maximum absolute atomic E-state index is 13.4. The second kappa shape index (κ2) is 10.8. The van der Waals surface area contributed by atoms with E-state index in [0.717, 1.165) is 28.0 Å². The largest absolute Gasteiger partial charge is 0.394 e. The van der Waals surface area contributed by atoms with E-state index in [0.29, 0.717) is 6.54 Å². The van der Waals surface area contributed by atoms with E-state index in [2.05, 4.69) is 85.3 Å². The topological polar surface area (TPSA) is 67.2 Å². The van der Waals surface area contributed by atoms with Crippen LogP contribution in [-0.4, -0.2) is 27.2 Å². The maximum Gasteiger partial charge on any atom is 0.228 e. The van der Waals surface area contributed by atoms with Crippen molar-refractivity contribution in [2.75, 3.05) is 6.61 Å². The van der Waals surface area contributed by atoms with Crippen LogP contribution >= 0.6 is 0 Å². The average Bonchev–Trinajstić information content (AvgIpc) is 3.22. The molecule has 5 heteroatoms. The summed E-state index contributed by atoms with van der Waals surface area (Å²) in [5.74, 6) is -0.293. The summed E-state index contributed by atoms with van der Waals surface area (Å²) in [6.45, 7) is 8.86. The number of fused-ring (bicyclic) bond motifs is 3. The summed E-state index contributed by atoms with van der Waals surface area (Å²) >= 11 is 0. The lowest BCUT2D eigenvalue weighted by molar-refractivity contribution is -0.124. The van der Waals surface area contributed by atoms with E-state index in [-0.39, 0.29) is 24.3 Å². The van der Waals surface area contributed by atoms with Gasteiger partial charge >= 0.3 is 0 Å². The second-order valence-corrected chi connectivity index (χ2v) is 10.5. The predicted molar refractivity (Wildman–Crippen MR) is 154 cm³/mol. The van der Waals surface area contributed by atoms with Crippen molar-refractivity contribution in [1.82, 2.24) is 14.9 Å². The fourth-order valence-corrected chi connectivity index (χ4v) is 5.57. The minimum absolute atomic E-state index is 0.0757. The van der Waals surface area contributed by atoms with Crippen molar-refractivity contribution in [1.29, 1.82) is 0 Å². The molecule has 3 aromatic carbocycles. The number of para-hydroxylation sites is 1. The molecule has 0 unspecified atom stereocenters. The Bertz CT molecular complexity index is 1570. The van der Waals surface area contributed by atoms with E-state index in [4.69, 9.17) is 4.98 Å². The number of aryl methyl sites for hydroxylation is 2. The number of hydrogen-bond donors (Lipinski definition) is 2. The number of pyridine rings is 1. The minimum Gasteiger partial charge on any atom is -0.394 e. The first kappa shape index (κ1) is 25.7. The fraction of sp³-hybridized carbons (Fsp3) is 0.273. The Labute approximate surface area is 224 Å². The first-order valence-corrected chi connectivity index (χ1v) is 13.3. The molecule has 5 nitrogen and oxygen atoms in total. The first-order chi connectivity index (χ1) is 18.4. The smallest absolute Gasteiger partial charge is 0.228 e. The Kier molecular flexibility index (Phi) is 7.30. The molecule has 38 heavy (non-hydrogen) atoms. The molecular formula is C33H35N3O2. The van der Waals surface area contributed by atoms with Gasteiger partial charge in [-0.3, -0.25) is 4.79 Å². The molecular weight excluding hydrogens is 470 g/mol. The number of benzene rings is 3. The standard InChI is InChI=1S/C33H35N3O2/c1-21(2)30(33(38)35-28(20-37)25-10-6-5-7-11-25)26-16-14-24(15-17-26)19-36-29-13-9-8-12-27(29)31-22(3)18-23(4)34-32(31)36/h5-18,21,28,30,37H,19-20H2,1-4H3,(H,35,38)/t28-,30-/m0/s1. The molecule has 2 heterocycles. The van der Waals surface area contributed by atoms with Crippen LogP contribution in [0.4, 0.5) is 0 Å². The summed E-state index contributed by atoms with van der Waals surface area (Å²) in [5.41, 5.74) is 7.44. The maximum atomic E-state index is 13.4. The number of carbonyl (C=O) groups excluding carboxylic acids is 1. The number of aliphatic hydroxyl groups is 1. The van der Waals surface area contributed by atoms with Crippen LogP contribution in [-0.2, 0) is 11.3 Å². The molecule has 0 saturated heterocycles. The molecule has 0 fully saturated rings. The van der Waals surface area contributed by atoms with Crippen molar-refractivity contribution in [3.8, 4) is 0 Å². The van der Waals surface area contributed by atoms with E-state index in [1.165, 1.54) is 21.9 Å². The van der Waals surface area contributed by atoms with Crippen LogP contribution in [0.25, 0.3) is 21.9 Å². The highest BCUT2D eigenvalue weighted by Crippen LogP contribution is 2.32. The lowest BCUT2D eigenvalue weighted by Gasteiger charge is -2.25. The zero-order valence-electron chi connectivity index (χ0n) is 22.5. The fourth-order valence-electron chi connectivity index (χ4n) is 5.57. The van der Waals surface area contributed by atoms with E-state index in [1.54, 1.807) is 0 Å². The van der Waals surface area contributed by atoms with Crippen LogP contribution in [0.3, 0.4) is 0 Å². The molecule has 5 aromatic rings. The number of aliphatic hydroxyl groups excluding tert-OH is 1. The van der Waals surface area contributed by atoms with E-state index in [1.807, 2.05) is 37.3 Å². The molecule has 1 amide bonds. The van der Waals surface area contributed by atoms with Crippen LogP contribution in [0.1, 0.15) is 53.8 Å². The highest BCUT2D eigenvalue weighted by atomic mass is 16.3. The van der Waals surface area contributed by atoms with Crippen LogP contribution in [0.5, 0.6) is 0 Å². The van der Waals surface area contributed by atoms with Gasteiger partial charge in [0.1, 0.15) is 5.65 Å². The van der Waals surface area contributed by atoms with Gasteiger partial charge in [-0.25, -0.2) is 4.98 Å². The third kappa shape index (κ3) is 4.94. The summed E-state index contributed by atoms with van der Waals surface area (Å²) in [7, 11) is 0.